The summed E-state index contributed by atoms with van der Waals surface area (Å²) in [5.74, 6) is 1.37. The number of thiol groups is 1. The fraction of sp³-hybridized carbons (Fsp3) is 0.583. The molecule has 1 saturated heterocycles. The van der Waals surface area contributed by atoms with Gasteiger partial charge < -0.3 is 0 Å². The Morgan fingerprint density at radius 3 is 2.53 bits per heavy atom. The zero-order valence-electron chi connectivity index (χ0n) is 9.96. The van der Waals surface area contributed by atoms with Crippen molar-refractivity contribution in [2.75, 3.05) is 19.6 Å². The normalized spacial score (nSPS) is 18.2. The highest BCUT2D eigenvalue weighted by molar-refractivity contribution is 7.96. The molecule has 0 bridgehead atoms. The molecule has 2 rings (SSSR count). The maximum atomic E-state index is 10.9. The quantitative estimate of drug-likeness (QED) is 0.825. The van der Waals surface area contributed by atoms with Crippen LogP contribution < -0.4 is 0 Å². The van der Waals surface area contributed by atoms with Crippen molar-refractivity contribution in [1.82, 2.24) is 14.9 Å². The van der Waals surface area contributed by atoms with Gasteiger partial charge in [-0.25, -0.2) is 9.97 Å². The predicted octanol–water partition coefficient (Wildman–Crippen LogP) is 1.42. The molecule has 1 aliphatic rings. The summed E-state index contributed by atoms with van der Waals surface area (Å²) >= 11 is 3.81. The molecule has 0 saturated carbocycles. The van der Waals surface area contributed by atoms with E-state index in [4.69, 9.17) is 0 Å². The number of likely N-dealkylation sites (tertiary alicyclic amines) is 1. The van der Waals surface area contributed by atoms with E-state index in [-0.39, 0.29) is 5.12 Å². The smallest absolute Gasteiger partial charge is 0.199 e. The number of carbonyl (C=O) groups excluding carboxylic acids is 1. The minimum atomic E-state index is -0.0602. The molecule has 5 heteroatoms. The number of nitrogens with zero attached hydrogens (tertiary/aromatic N) is 3. The second-order valence-corrected chi connectivity index (χ2v) is 5.06. The van der Waals surface area contributed by atoms with Crippen LogP contribution in [0.5, 0.6) is 0 Å². The highest BCUT2D eigenvalue weighted by atomic mass is 32.1. The van der Waals surface area contributed by atoms with Gasteiger partial charge in [0.2, 0.25) is 0 Å². The van der Waals surface area contributed by atoms with Gasteiger partial charge in [0.15, 0.2) is 5.12 Å². The van der Waals surface area contributed by atoms with Gasteiger partial charge in [-0.05, 0) is 38.4 Å². The van der Waals surface area contributed by atoms with Crippen molar-refractivity contribution in [1.29, 1.82) is 0 Å². The summed E-state index contributed by atoms with van der Waals surface area (Å²) in [4.78, 5) is 21.8. The molecule has 1 aromatic rings. The van der Waals surface area contributed by atoms with Gasteiger partial charge in [0.05, 0.1) is 6.54 Å². The maximum Gasteiger partial charge on any atom is 0.199 e. The van der Waals surface area contributed by atoms with E-state index in [9.17, 15) is 4.79 Å². The number of aryl methyl sites for hydroxylation is 1. The van der Waals surface area contributed by atoms with Gasteiger partial charge in [-0.1, -0.05) is 0 Å². The van der Waals surface area contributed by atoms with Crippen molar-refractivity contribution in [2.45, 2.75) is 25.7 Å². The molecular formula is C12H17N3OS. The van der Waals surface area contributed by atoms with Crippen LogP contribution in [-0.4, -0.2) is 39.6 Å². The second kappa shape index (κ2) is 5.60. The summed E-state index contributed by atoms with van der Waals surface area (Å²) in [6.45, 7) is 4.29. The summed E-state index contributed by atoms with van der Waals surface area (Å²) in [5, 5.41) is -0.0602. The number of rotatable bonds is 3. The average Bonchev–Trinajstić information content (AvgIpc) is 2.30. The molecular weight excluding hydrogens is 234 g/mol. The SMILES string of the molecule is Cc1cnc(C2CCN(CC(=O)S)CC2)nc1. The van der Waals surface area contributed by atoms with Gasteiger partial charge in [-0.15, -0.1) is 12.6 Å². The van der Waals surface area contributed by atoms with E-state index < -0.39 is 0 Å². The standard InChI is InChI=1S/C12H17N3OS/c1-9-6-13-12(14-7-9)10-2-4-15(5-3-10)8-11(16)17/h6-7,10H,2-5,8H2,1H3,(H,16,17). The second-order valence-electron chi connectivity index (χ2n) is 4.56. The van der Waals surface area contributed by atoms with Crippen LogP contribution in [0.3, 0.4) is 0 Å². The van der Waals surface area contributed by atoms with Crippen LogP contribution in [-0.2, 0) is 4.79 Å². The Bertz CT molecular complexity index is 385. The Labute approximate surface area is 107 Å². The molecule has 0 aliphatic carbocycles. The van der Waals surface area contributed by atoms with Crippen LogP contribution in [0.4, 0.5) is 0 Å². The number of hydrogen-bond donors (Lipinski definition) is 1. The monoisotopic (exact) mass is 251 g/mol. The van der Waals surface area contributed by atoms with E-state index >= 15 is 0 Å². The first-order valence-electron chi connectivity index (χ1n) is 5.88. The van der Waals surface area contributed by atoms with Crippen molar-refractivity contribution < 1.29 is 4.79 Å². The first kappa shape index (κ1) is 12.5. The summed E-state index contributed by atoms with van der Waals surface area (Å²) in [5.41, 5.74) is 1.09. The first-order chi connectivity index (χ1) is 8.15. The minimum Gasteiger partial charge on any atom is -0.295 e. The fourth-order valence-corrected chi connectivity index (χ4v) is 2.35. The molecule has 0 spiro atoms. The highest BCUT2D eigenvalue weighted by Crippen LogP contribution is 2.25. The first-order valence-corrected chi connectivity index (χ1v) is 6.32. The molecule has 1 aromatic heterocycles. The molecule has 0 atom stereocenters. The number of piperidine rings is 1. The fourth-order valence-electron chi connectivity index (χ4n) is 2.15. The molecule has 1 fully saturated rings. The predicted molar refractivity (Wildman–Crippen MR) is 69.2 cm³/mol. The largest absolute Gasteiger partial charge is 0.295 e. The summed E-state index contributed by atoms with van der Waals surface area (Å²) in [6, 6.07) is 0. The van der Waals surface area contributed by atoms with E-state index in [1.807, 2.05) is 19.3 Å². The van der Waals surface area contributed by atoms with E-state index in [0.29, 0.717) is 12.5 Å². The third-order valence-corrected chi connectivity index (χ3v) is 3.25. The van der Waals surface area contributed by atoms with Gasteiger partial charge in [0, 0.05) is 18.3 Å². The van der Waals surface area contributed by atoms with Crippen molar-refractivity contribution >= 4 is 17.7 Å². The number of aromatic nitrogens is 2. The Morgan fingerprint density at radius 1 is 1.41 bits per heavy atom. The van der Waals surface area contributed by atoms with Crippen molar-refractivity contribution in [2.24, 2.45) is 0 Å². The Hall–Kier alpha value is -0.940. The van der Waals surface area contributed by atoms with Gasteiger partial charge in [-0.3, -0.25) is 9.69 Å². The molecule has 92 valence electrons. The lowest BCUT2D eigenvalue weighted by Gasteiger charge is -2.30. The van der Waals surface area contributed by atoms with E-state index in [2.05, 4.69) is 27.5 Å². The van der Waals surface area contributed by atoms with Gasteiger partial charge in [-0.2, -0.15) is 0 Å². The third kappa shape index (κ3) is 3.51. The summed E-state index contributed by atoms with van der Waals surface area (Å²) in [7, 11) is 0. The van der Waals surface area contributed by atoms with Crippen molar-refractivity contribution in [3.8, 4) is 0 Å². The summed E-state index contributed by atoms with van der Waals surface area (Å²) < 4.78 is 0. The number of hydrogen-bond acceptors (Lipinski definition) is 4. The Morgan fingerprint density at radius 2 is 2.00 bits per heavy atom. The maximum absolute atomic E-state index is 10.9. The molecule has 4 nitrogen and oxygen atoms in total. The number of carbonyl (C=O) groups is 1. The van der Waals surface area contributed by atoms with E-state index in [1.54, 1.807) is 0 Å². The van der Waals surface area contributed by atoms with E-state index in [0.717, 1.165) is 37.3 Å². The molecule has 0 unspecified atom stereocenters. The lowest BCUT2D eigenvalue weighted by molar-refractivity contribution is -0.112. The zero-order chi connectivity index (χ0) is 12.3. The molecule has 0 radical (unpaired) electrons. The van der Waals surface area contributed by atoms with Crippen LogP contribution in [0, 0.1) is 6.92 Å². The Kier molecular flexibility index (Phi) is 4.12. The third-order valence-electron chi connectivity index (χ3n) is 3.11. The van der Waals surface area contributed by atoms with Gasteiger partial charge in [0.1, 0.15) is 5.82 Å². The molecule has 17 heavy (non-hydrogen) atoms. The van der Waals surface area contributed by atoms with Crippen molar-refractivity contribution in [3.05, 3.63) is 23.8 Å². The molecule has 0 N–H and O–H groups in total. The minimum absolute atomic E-state index is 0.0602. The summed E-state index contributed by atoms with van der Waals surface area (Å²) in [6.07, 6.45) is 5.77. The van der Waals surface area contributed by atoms with Gasteiger partial charge >= 0.3 is 0 Å². The lowest BCUT2D eigenvalue weighted by atomic mass is 9.96. The highest BCUT2D eigenvalue weighted by Gasteiger charge is 2.22. The molecule has 0 amide bonds. The Balaban J connectivity index is 1.90. The zero-order valence-corrected chi connectivity index (χ0v) is 10.9. The van der Waals surface area contributed by atoms with Crippen LogP contribution in [0.15, 0.2) is 12.4 Å². The molecule has 1 aliphatic heterocycles. The average molecular weight is 251 g/mol. The molecule has 0 aromatic carbocycles. The lowest BCUT2D eigenvalue weighted by Crippen LogP contribution is -2.36. The topological polar surface area (TPSA) is 46.1 Å². The van der Waals surface area contributed by atoms with E-state index in [1.165, 1.54) is 0 Å². The van der Waals surface area contributed by atoms with Crippen LogP contribution in [0.1, 0.15) is 30.1 Å². The van der Waals surface area contributed by atoms with Crippen molar-refractivity contribution in [3.63, 3.8) is 0 Å². The molecule has 2 heterocycles. The van der Waals surface area contributed by atoms with Crippen LogP contribution in [0.25, 0.3) is 0 Å². The van der Waals surface area contributed by atoms with Gasteiger partial charge in [0.25, 0.3) is 0 Å². The van der Waals surface area contributed by atoms with Crippen LogP contribution in [0.2, 0.25) is 0 Å². The van der Waals surface area contributed by atoms with Crippen LogP contribution >= 0.6 is 12.6 Å².